The quantitative estimate of drug-likeness (QED) is 0.614. The van der Waals surface area contributed by atoms with Crippen LogP contribution in [-0.2, 0) is 4.79 Å². The molecule has 0 fully saturated rings. The van der Waals surface area contributed by atoms with Crippen LogP contribution in [-0.4, -0.2) is 24.2 Å². The van der Waals surface area contributed by atoms with E-state index >= 15 is 0 Å². The van der Waals surface area contributed by atoms with Gasteiger partial charge in [0.25, 0.3) is 11.8 Å². The van der Waals surface area contributed by atoms with Crippen molar-refractivity contribution in [2.45, 2.75) is 17.9 Å². The van der Waals surface area contributed by atoms with Crippen LogP contribution in [0.1, 0.15) is 17.3 Å². The summed E-state index contributed by atoms with van der Waals surface area (Å²) >= 11 is 7.46. The molecule has 5 nitrogen and oxygen atoms in total. The Labute approximate surface area is 153 Å². The van der Waals surface area contributed by atoms with Crippen molar-refractivity contribution >= 4 is 35.2 Å². The molecule has 25 heavy (non-hydrogen) atoms. The van der Waals surface area contributed by atoms with Gasteiger partial charge in [-0.2, -0.15) is 0 Å². The number of rotatable bonds is 5. The van der Waals surface area contributed by atoms with Crippen molar-refractivity contribution in [3.63, 3.8) is 0 Å². The van der Waals surface area contributed by atoms with Crippen molar-refractivity contribution in [3.05, 3.63) is 58.9 Å². The van der Waals surface area contributed by atoms with Gasteiger partial charge in [-0.25, -0.2) is 4.39 Å². The van der Waals surface area contributed by atoms with E-state index in [-0.39, 0.29) is 16.3 Å². The molecule has 0 aliphatic carbocycles. The molecule has 1 atom stereocenters. The standard InChI is InChI=1S/C17H16ClFN2O3S/c1-10(24-15-6-4-3-5-14(15)19)16(22)20-21-17(23)12-9-11(25-2)7-8-13(12)18/h3-10H,1-2H3,(H,20,22)(H,21,23). The number of hydrogen-bond donors (Lipinski definition) is 2. The highest BCUT2D eigenvalue weighted by molar-refractivity contribution is 7.98. The van der Waals surface area contributed by atoms with E-state index in [2.05, 4.69) is 10.9 Å². The number of carbonyl (C=O) groups is 2. The second-order valence-corrected chi connectivity index (χ2v) is 6.27. The maximum Gasteiger partial charge on any atom is 0.279 e. The van der Waals surface area contributed by atoms with Crippen molar-refractivity contribution in [1.29, 1.82) is 0 Å². The predicted molar refractivity (Wildman–Crippen MR) is 95.3 cm³/mol. The third kappa shape index (κ3) is 5.11. The number of nitrogens with one attached hydrogen (secondary N) is 2. The zero-order chi connectivity index (χ0) is 18.4. The van der Waals surface area contributed by atoms with Gasteiger partial charge < -0.3 is 4.74 Å². The number of hydrazine groups is 1. The summed E-state index contributed by atoms with van der Waals surface area (Å²) in [5, 5.41) is 0.264. The molecule has 2 rings (SSSR count). The van der Waals surface area contributed by atoms with Crippen LogP contribution in [0.4, 0.5) is 4.39 Å². The van der Waals surface area contributed by atoms with Crippen molar-refractivity contribution in [2.75, 3.05) is 6.26 Å². The zero-order valence-corrected chi connectivity index (χ0v) is 15.1. The van der Waals surface area contributed by atoms with Crippen molar-refractivity contribution in [2.24, 2.45) is 0 Å². The lowest BCUT2D eigenvalue weighted by molar-refractivity contribution is -0.128. The summed E-state index contributed by atoms with van der Waals surface area (Å²) in [4.78, 5) is 25.0. The monoisotopic (exact) mass is 382 g/mol. The topological polar surface area (TPSA) is 67.4 Å². The number of halogens is 2. The molecule has 2 amide bonds. The highest BCUT2D eigenvalue weighted by Crippen LogP contribution is 2.22. The first-order chi connectivity index (χ1) is 11.9. The van der Waals surface area contributed by atoms with E-state index < -0.39 is 23.7 Å². The summed E-state index contributed by atoms with van der Waals surface area (Å²) in [6.07, 6.45) is 0.860. The number of amides is 2. The first-order valence-corrected chi connectivity index (χ1v) is 8.87. The molecular formula is C17H16ClFN2O3S. The summed E-state index contributed by atoms with van der Waals surface area (Å²) < 4.78 is 18.8. The van der Waals surface area contributed by atoms with E-state index in [0.29, 0.717) is 0 Å². The Bertz CT molecular complexity index is 788. The molecule has 0 aliphatic rings. The van der Waals surface area contributed by atoms with E-state index in [9.17, 15) is 14.0 Å². The Balaban J connectivity index is 1.95. The van der Waals surface area contributed by atoms with Crippen molar-refractivity contribution < 1.29 is 18.7 Å². The number of hydrogen-bond acceptors (Lipinski definition) is 4. The average Bonchev–Trinajstić information content (AvgIpc) is 2.61. The lowest BCUT2D eigenvalue weighted by atomic mass is 10.2. The molecule has 2 N–H and O–H groups in total. The van der Waals surface area contributed by atoms with Gasteiger partial charge in [0.2, 0.25) is 0 Å². The second-order valence-electron chi connectivity index (χ2n) is 4.98. The normalized spacial score (nSPS) is 11.5. The Morgan fingerprint density at radius 1 is 1.20 bits per heavy atom. The van der Waals surface area contributed by atoms with E-state index in [4.69, 9.17) is 16.3 Å². The average molecular weight is 383 g/mol. The highest BCUT2D eigenvalue weighted by atomic mass is 35.5. The Hall–Kier alpha value is -2.25. The van der Waals surface area contributed by atoms with Gasteiger partial charge in [0.05, 0.1) is 10.6 Å². The van der Waals surface area contributed by atoms with Gasteiger partial charge in [-0.3, -0.25) is 20.4 Å². The van der Waals surface area contributed by atoms with Crippen LogP contribution >= 0.6 is 23.4 Å². The van der Waals surface area contributed by atoms with Gasteiger partial charge >= 0.3 is 0 Å². The number of para-hydroxylation sites is 1. The number of thioether (sulfide) groups is 1. The minimum absolute atomic E-state index is 0.0489. The molecule has 2 aromatic carbocycles. The summed E-state index contributed by atoms with van der Waals surface area (Å²) in [5.74, 6) is -1.82. The van der Waals surface area contributed by atoms with E-state index in [1.807, 2.05) is 6.26 Å². The molecule has 2 aromatic rings. The van der Waals surface area contributed by atoms with Gasteiger partial charge in [0.1, 0.15) is 0 Å². The Morgan fingerprint density at radius 3 is 2.60 bits per heavy atom. The summed E-state index contributed by atoms with van der Waals surface area (Å²) in [6, 6.07) is 10.7. The molecular weight excluding hydrogens is 367 g/mol. The van der Waals surface area contributed by atoms with Crippen molar-refractivity contribution in [1.82, 2.24) is 10.9 Å². The largest absolute Gasteiger partial charge is 0.478 e. The van der Waals surface area contributed by atoms with Crippen LogP contribution in [0, 0.1) is 5.82 Å². The molecule has 0 saturated heterocycles. The minimum Gasteiger partial charge on any atom is -0.478 e. The maximum atomic E-state index is 13.5. The molecule has 0 spiro atoms. The fourth-order valence-electron chi connectivity index (χ4n) is 1.88. The molecule has 0 bridgehead atoms. The van der Waals surface area contributed by atoms with E-state index in [1.54, 1.807) is 24.3 Å². The summed E-state index contributed by atoms with van der Waals surface area (Å²) in [7, 11) is 0. The lowest BCUT2D eigenvalue weighted by Crippen LogP contribution is -2.47. The fraction of sp³-hybridized carbons (Fsp3) is 0.176. The van der Waals surface area contributed by atoms with Crippen molar-refractivity contribution in [3.8, 4) is 5.75 Å². The van der Waals surface area contributed by atoms with Gasteiger partial charge in [-0.1, -0.05) is 23.7 Å². The SMILES string of the molecule is CSc1ccc(Cl)c(C(=O)NNC(=O)C(C)Oc2ccccc2F)c1. The third-order valence-electron chi connectivity index (χ3n) is 3.23. The molecule has 8 heteroatoms. The first kappa shape index (κ1) is 19.1. The van der Waals surface area contributed by atoms with Crippen LogP contribution in [0.25, 0.3) is 0 Å². The molecule has 0 aromatic heterocycles. The van der Waals surface area contributed by atoms with Gasteiger partial charge in [0, 0.05) is 4.90 Å². The lowest BCUT2D eigenvalue weighted by Gasteiger charge is -2.15. The van der Waals surface area contributed by atoms with Crippen LogP contribution in [0.3, 0.4) is 0 Å². The molecule has 0 saturated carbocycles. The number of ether oxygens (including phenoxy) is 1. The maximum absolute atomic E-state index is 13.5. The number of carbonyl (C=O) groups excluding carboxylic acids is 2. The van der Waals surface area contributed by atoms with E-state index in [1.165, 1.54) is 36.9 Å². The van der Waals surface area contributed by atoms with Gasteiger partial charge in [-0.05, 0) is 43.5 Å². The zero-order valence-electron chi connectivity index (χ0n) is 13.5. The summed E-state index contributed by atoms with van der Waals surface area (Å²) in [6.45, 7) is 1.44. The fourth-order valence-corrected chi connectivity index (χ4v) is 2.52. The highest BCUT2D eigenvalue weighted by Gasteiger charge is 2.18. The minimum atomic E-state index is -1.01. The Kier molecular flexibility index (Phi) is 6.66. The molecule has 0 heterocycles. The smallest absolute Gasteiger partial charge is 0.279 e. The second kappa shape index (κ2) is 8.73. The third-order valence-corrected chi connectivity index (χ3v) is 4.28. The van der Waals surface area contributed by atoms with Gasteiger partial charge in [-0.15, -0.1) is 11.8 Å². The summed E-state index contributed by atoms with van der Waals surface area (Å²) in [5.41, 5.74) is 4.73. The van der Waals surface area contributed by atoms with Crippen LogP contribution < -0.4 is 15.6 Å². The van der Waals surface area contributed by atoms with Crippen LogP contribution in [0.15, 0.2) is 47.4 Å². The van der Waals surface area contributed by atoms with E-state index in [0.717, 1.165) is 4.90 Å². The van der Waals surface area contributed by atoms with Gasteiger partial charge in [0.15, 0.2) is 17.7 Å². The predicted octanol–water partition coefficient (Wildman–Crippen LogP) is 3.43. The Morgan fingerprint density at radius 2 is 1.92 bits per heavy atom. The molecule has 0 radical (unpaired) electrons. The molecule has 132 valence electrons. The van der Waals surface area contributed by atoms with Crippen LogP contribution in [0.2, 0.25) is 5.02 Å². The first-order valence-electron chi connectivity index (χ1n) is 7.27. The molecule has 0 aliphatic heterocycles. The molecule has 1 unspecified atom stereocenters. The van der Waals surface area contributed by atoms with Crippen LogP contribution in [0.5, 0.6) is 5.75 Å². The number of benzene rings is 2.